The Morgan fingerprint density at radius 1 is 0.971 bits per heavy atom. The van der Waals surface area contributed by atoms with Gasteiger partial charge in [0.2, 0.25) is 6.79 Å². The summed E-state index contributed by atoms with van der Waals surface area (Å²) in [5.74, 6) is -0.265. The van der Waals surface area contributed by atoms with Gasteiger partial charge in [0, 0.05) is 18.3 Å². The number of aryl methyl sites for hydroxylation is 1. The van der Waals surface area contributed by atoms with Crippen LogP contribution in [0.25, 0.3) is 0 Å². The molecule has 1 amide bonds. The topological polar surface area (TPSA) is 111 Å². The number of amides is 1. The van der Waals surface area contributed by atoms with Crippen molar-refractivity contribution in [2.45, 2.75) is 17.7 Å². The summed E-state index contributed by atoms with van der Waals surface area (Å²) in [5.41, 5.74) is 2.11. The fraction of sp³-hybridized carbons (Fsp3) is 0.200. The standard InChI is InChI=1S/C25H22N2O7S/c28-24(26-19-10-11-22-23(14-19)34-16-33-22)15-32-25(29)18-6-3-8-20(13-18)35(30,31)27-12-4-7-17-5-1-2-9-21(17)27/h1-3,5-6,8-11,13-14H,4,7,12,15-16H2,(H,26,28). The molecule has 180 valence electrons. The second-order valence-corrected chi connectivity index (χ2v) is 9.89. The Hall–Kier alpha value is -4.05. The van der Waals surface area contributed by atoms with E-state index in [0.717, 1.165) is 12.0 Å². The molecule has 9 nitrogen and oxygen atoms in total. The lowest BCUT2D eigenvalue weighted by Crippen LogP contribution is -2.35. The van der Waals surface area contributed by atoms with Crippen LogP contribution in [0.1, 0.15) is 22.3 Å². The molecule has 0 radical (unpaired) electrons. The fourth-order valence-corrected chi connectivity index (χ4v) is 5.63. The Balaban J connectivity index is 1.26. The van der Waals surface area contributed by atoms with Crippen LogP contribution in [0.2, 0.25) is 0 Å². The summed E-state index contributed by atoms with van der Waals surface area (Å²) >= 11 is 0. The average molecular weight is 495 g/mol. The SMILES string of the molecule is O=C(COC(=O)c1cccc(S(=O)(=O)N2CCCc3ccccc32)c1)Nc1ccc2c(c1)OCO2. The van der Waals surface area contributed by atoms with Gasteiger partial charge in [0.1, 0.15) is 0 Å². The maximum atomic E-state index is 13.4. The number of nitrogens with one attached hydrogen (secondary N) is 1. The summed E-state index contributed by atoms with van der Waals surface area (Å²) in [6, 6.07) is 17.9. The summed E-state index contributed by atoms with van der Waals surface area (Å²) < 4.78 is 43.7. The van der Waals surface area contributed by atoms with Gasteiger partial charge >= 0.3 is 5.97 Å². The second-order valence-electron chi connectivity index (χ2n) is 8.03. The number of hydrogen-bond donors (Lipinski definition) is 1. The van der Waals surface area contributed by atoms with E-state index in [-0.39, 0.29) is 17.3 Å². The molecule has 0 fully saturated rings. The number of carbonyl (C=O) groups excluding carboxylic acids is 2. The molecule has 0 bridgehead atoms. The Morgan fingerprint density at radius 2 is 1.80 bits per heavy atom. The number of nitrogens with zero attached hydrogens (tertiary/aromatic N) is 1. The normalized spacial score (nSPS) is 14.2. The van der Waals surface area contributed by atoms with Crippen molar-refractivity contribution in [3.63, 3.8) is 0 Å². The Labute approximate surface area is 202 Å². The van der Waals surface area contributed by atoms with E-state index in [1.165, 1.54) is 28.6 Å². The van der Waals surface area contributed by atoms with Gasteiger partial charge in [-0.25, -0.2) is 13.2 Å². The van der Waals surface area contributed by atoms with Crippen molar-refractivity contribution in [3.05, 3.63) is 77.9 Å². The first kappa shape index (κ1) is 22.7. The van der Waals surface area contributed by atoms with Gasteiger partial charge in [-0.3, -0.25) is 9.10 Å². The van der Waals surface area contributed by atoms with Crippen LogP contribution in [0.3, 0.4) is 0 Å². The molecule has 0 unspecified atom stereocenters. The highest BCUT2D eigenvalue weighted by Gasteiger charge is 2.29. The van der Waals surface area contributed by atoms with Crippen LogP contribution in [-0.2, 0) is 26.0 Å². The van der Waals surface area contributed by atoms with Crippen molar-refractivity contribution in [3.8, 4) is 11.5 Å². The van der Waals surface area contributed by atoms with E-state index in [4.69, 9.17) is 14.2 Å². The van der Waals surface area contributed by atoms with E-state index < -0.39 is 28.5 Å². The number of rotatable bonds is 6. The Kier molecular flexibility index (Phi) is 6.04. The molecule has 35 heavy (non-hydrogen) atoms. The van der Waals surface area contributed by atoms with E-state index in [0.29, 0.717) is 35.8 Å². The van der Waals surface area contributed by atoms with Crippen LogP contribution in [0.4, 0.5) is 11.4 Å². The summed E-state index contributed by atoms with van der Waals surface area (Å²) in [4.78, 5) is 24.8. The van der Waals surface area contributed by atoms with Crippen LogP contribution in [-0.4, -0.2) is 40.2 Å². The number of sulfonamides is 1. The molecule has 10 heteroatoms. The third-order valence-corrected chi connectivity index (χ3v) is 7.53. The quantitative estimate of drug-likeness (QED) is 0.523. The second kappa shape index (κ2) is 9.30. The molecule has 0 aromatic heterocycles. The smallest absolute Gasteiger partial charge is 0.338 e. The highest BCUT2D eigenvalue weighted by Crippen LogP contribution is 2.34. The first-order valence-corrected chi connectivity index (χ1v) is 12.4. The number of para-hydroxylation sites is 1. The molecule has 2 heterocycles. The monoisotopic (exact) mass is 494 g/mol. The lowest BCUT2D eigenvalue weighted by atomic mass is 10.0. The molecule has 0 aliphatic carbocycles. The maximum Gasteiger partial charge on any atom is 0.338 e. The Bertz CT molecular complexity index is 1400. The molecule has 2 aliphatic rings. The largest absolute Gasteiger partial charge is 0.454 e. The molecule has 1 N–H and O–H groups in total. The first-order chi connectivity index (χ1) is 16.9. The third-order valence-electron chi connectivity index (χ3n) is 5.72. The first-order valence-electron chi connectivity index (χ1n) is 11.0. The lowest BCUT2D eigenvalue weighted by Gasteiger charge is -2.30. The van der Waals surface area contributed by atoms with Gasteiger partial charge in [-0.05, 0) is 54.8 Å². The van der Waals surface area contributed by atoms with E-state index in [9.17, 15) is 18.0 Å². The van der Waals surface area contributed by atoms with Gasteiger partial charge in [-0.1, -0.05) is 24.3 Å². The molecule has 0 atom stereocenters. The van der Waals surface area contributed by atoms with Crippen LogP contribution < -0.4 is 19.1 Å². The average Bonchev–Trinajstić information content (AvgIpc) is 3.35. The lowest BCUT2D eigenvalue weighted by molar-refractivity contribution is -0.119. The summed E-state index contributed by atoms with van der Waals surface area (Å²) in [6.45, 7) is -0.0682. The molecule has 0 saturated carbocycles. The van der Waals surface area contributed by atoms with Crippen LogP contribution in [0.15, 0.2) is 71.6 Å². The van der Waals surface area contributed by atoms with Crippen molar-refractivity contribution >= 4 is 33.3 Å². The predicted molar refractivity (Wildman–Crippen MR) is 127 cm³/mol. The van der Waals surface area contributed by atoms with Gasteiger partial charge in [-0.2, -0.15) is 0 Å². The molecule has 0 saturated heterocycles. The number of anilines is 2. The van der Waals surface area contributed by atoms with Crippen molar-refractivity contribution < 1.29 is 32.2 Å². The number of benzene rings is 3. The minimum atomic E-state index is -3.88. The molecular weight excluding hydrogens is 472 g/mol. The van der Waals surface area contributed by atoms with E-state index in [1.54, 1.807) is 30.3 Å². The van der Waals surface area contributed by atoms with Crippen molar-refractivity contribution in [2.24, 2.45) is 0 Å². The number of ether oxygens (including phenoxy) is 3. The van der Waals surface area contributed by atoms with Crippen molar-refractivity contribution in [1.82, 2.24) is 0 Å². The number of fused-ring (bicyclic) bond motifs is 2. The molecule has 2 aliphatic heterocycles. The minimum Gasteiger partial charge on any atom is -0.454 e. The summed E-state index contributed by atoms with van der Waals surface area (Å²) in [5, 5.41) is 2.61. The molecule has 3 aromatic carbocycles. The third kappa shape index (κ3) is 4.65. The highest BCUT2D eigenvalue weighted by molar-refractivity contribution is 7.92. The van der Waals surface area contributed by atoms with Gasteiger partial charge in [-0.15, -0.1) is 0 Å². The zero-order chi connectivity index (χ0) is 24.4. The van der Waals surface area contributed by atoms with E-state index in [1.807, 2.05) is 12.1 Å². The predicted octanol–water partition coefficient (Wildman–Crippen LogP) is 3.35. The maximum absolute atomic E-state index is 13.4. The van der Waals surface area contributed by atoms with Gasteiger partial charge < -0.3 is 19.5 Å². The molecule has 0 spiro atoms. The number of carbonyl (C=O) groups is 2. The molecule has 5 rings (SSSR count). The Morgan fingerprint density at radius 3 is 2.69 bits per heavy atom. The van der Waals surface area contributed by atoms with Crippen molar-refractivity contribution in [1.29, 1.82) is 0 Å². The van der Waals surface area contributed by atoms with E-state index >= 15 is 0 Å². The van der Waals surface area contributed by atoms with Gasteiger partial charge in [0.25, 0.3) is 15.9 Å². The van der Waals surface area contributed by atoms with Gasteiger partial charge in [0.15, 0.2) is 18.1 Å². The zero-order valence-electron chi connectivity index (χ0n) is 18.6. The van der Waals surface area contributed by atoms with Crippen LogP contribution in [0.5, 0.6) is 11.5 Å². The fourth-order valence-electron chi connectivity index (χ4n) is 4.05. The molecular formula is C25H22N2O7S. The number of hydrogen-bond acceptors (Lipinski definition) is 7. The highest BCUT2D eigenvalue weighted by atomic mass is 32.2. The minimum absolute atomic E-state index is 0.0199. The van der Waals surface area contributed by atoms with Crippen molar-refractivity contribution in [2.75, 3.05) is 29.6 Å². The summed E-state index contributed by atoms with van der Waals surface area (Å²) in [7, 11) is -3.88. The van der Waals surface area contributed by atoms with E-state index in [2.05, 4.69) is 5.32 Å². The van der Waals surface area contributed by atoms with Crippen LogP contribution in [0, 0.1) is 0 Å². The summed E-state index contributed by atoms with van der Waals surface area (Å²) in [6.07, 6.45) is 1.51. The number of esters is 1. The molecule has 3 aromatic rings. The zero-order valence-corrected chi connectivity index (χ0v) is 19.4. The van der Waals surface area contributed by atoms with Crippen LogP contribution >= 0.6 is 0 Å². The van der Waals surface area contributed by atoms with Gasteiger partial charge in [0.05, 0.1) is 16.1 Å².